The summed E-state index contributed by atoms with van der Waals surface area (Å²) in [5.41, 5.74) is 2.12. The van der Waals surface area contributed by atoms with E-state index in [9.17, 15) is 4.79 Å². The minimum absolute atomic E-state index is 0.108. The summed E-state index contributed by atoms with van der Waals surface area (Å²) >= 11 is 7.79. The summed E-state index contributed by atoms with van der Waals surface area (Å²) in [7, 11) is 1.73. The van der Waals surface area contributed by atoms with Crippen LogP contribution >= 0.6 is 22.9 Å². The first kappa shape index (κ1) is 23.9. The van der Waals surface area contributed by atoms with E-state index in [2.05, 4.69) is 25.1 Å². The smallest absolute Gasteiger partial charge is 0.234 e. The van der Waals surface area contributed by atoms with Crippen LogP contribution in [0.4, 0.5) is 5.69 Å². The molecular weight excluding hydrogens is 434 g/mol. The third-order valence-electron chi connectivity index (χ3n) is 5.23. The van der Waals surface area contributed by atoms with E-state index in [1.807, 2.05) is 31.2 Å². The van der Waals surface area contributed by atoms with Gasteiger partial charge in [-0.3, -0.25) is 14.6 Å². The van der Waals surface area contributed by atoms with Gasteiger partial charge in [0.1, 0.15) is 0 Å². The first-order valence-electron chi connectivity index (χ1n) is 10.8. The van der Waals surface area contributed by atoms with Crippen molar-refractivity contribution in [2.24, 2.45) is 4.99 Å². The Hall–Kier alpha value is -1.71. The number of thiazole rings is 1. The van der Waals surface area contributed by atoms with Gasteiger partial charge in [0.15, 0.2) is 4.80 Å². The van der Waals surface area contributed by atoms with Crippen molar-refractivity contribution in [3.05, 3.63) is 45.2 Å². The molecule has 1 amide bonds. The summed E-state index contributed by atoms with van der Waals surface area (Å²) in [4.78, 5) is 22.3. The summed E-state index contributed by atoms with van der Waals surface area (Å²) < 4.78 is 7.56. The number of nitrogens with zero attached hydrogens (tertiary/aromatic N) is 4. The maximum absolute atomic E-state index is 11.8. The number of hydrogen-bond donors (Lipinski definition) is 1. The van der Waals surface area contributed by atoms with E-state index in [1.54, 1.807) is 18.4 Å². The summed E-state index contributed by atoms with van der Waals surface area (Å²) in [6, 6.07) is 7.64. The molecule has 31 heavy (non-hydrogen) atoms. The van der Waals surface area contributed by atoms with Crippen LogP contribution in [0.3, 0.4) is 0 Å². The molecule has 1 fully saturated rings. The second-order valence-corrected chi connectivity index (χ2v) is 8.88. The molecule has 0 aliphatic carbocycles. The lowest BCUT2D eigenvalue weighted by molar-refractivity contribution is -0.122. The Bertz CT molecular complexity index is 905. The van der Waals surface area contributed by atoms with Crippen molar-refractivity contribution in [3.8, 4) is 0 Å². The molecule has 9 heteroatoms. The van der Waals surface area contributed by atoms with E-state index in [0.717, 1.165) is 62.8 Å². The van der Waals surface area contributed by atoms with Gasteiger partial charge in [-0.05, 0) is 31.5 Å². The van der Waals surface area contributed by atoms with Crippen molar-refractivity contribution in [3.63, 3.8) is 0 Å². The van der Waals surface area contributed by atoms with Gasteiger partial charge in [0, 0.05) is 75.6 Å². The van der Waals surface area contributed by atoms with E-state index < -0.39 is 0 Å². The minimum Gasteiger partial charge on any atom is -0.385 e. The van der Waals surface area contributed by atoms with Crippen molar-refractivity contribution in [1.82, 2.24) is 19.7 Å². The Balaban J connectivity index is 1.68. The standard InChI is InChI=1S/C22H32ClN5O2S/c1-3-24-21(29)16-27-11-9-26(10-12-27)15-20-17-31-22(28(20)8-5-13-30-2)25-19-7-4-6-18(23)14-19/h4,6-7,14,17H,3,5,8-13,15-16H2,1-2H3,(H,24,29). The SMILES string of the molecule is CCNC(=O)CN1CCN(Cc2csc(=Nc3cccc(Cl)c3)n2CCCOC)CC1. The molecule has 1 aromatic heterocycles. The van der Waals surface area contributed by atoms with Crippen LogP contribution in [0.2, 0.25) is 5.02 Å². The average molecular weight is 466 g/mol. The molecule has 2 heterocycles. The molecule has 2 aromatic rings. The number of aromatic nitrogens is 1. The average Bonchev–Trinajstić information content (AvgIpc) is 3.11. The maximum atomic E-state index is 11.8. The van der Waals surface area contributed by atoms with Crippen LogP contribution in [0.5, 0.6) is 0 Å². The Morgan fingerprint density at radius 2 is 2.03 bits per heavy atom. The lowest BCUT2D eigenvalue weighted by Gasteiger charge is -2.34. The number of amides is 1. The van der Waals surface area contributed by atoms with Crippen molar-refractivity contribution in [2.45, 2.75) is 26.4 Å². The summed E-state index contributed by atoms with van der Waals surface area (Å²) in [5, 5.41) is 5.77. The fraction of sp³-hybridized carbons (Fsp3) is 0.545. The topological polar surface area (TPSA) is 62.1 Å². The number of methoxy groups -OCH3 is 1. The van der Waals surface area contributed by atoms with E-state index in [1.165, 1.54) is 5.69 Å². The first-order valence-corrected chi connectivity index (χ1v) is 12.0. The minimum atomic E-state index is 0.108. The zero-order valence-corrected chi connectivity index (χ0v) is 19.9. The van der Waals surface area contributed by atoms with Crippen molar-refractivity contribution < 1.29 is 9.53 Å². The number of benzene rings is 1. The zero-order valence-electron chi connectivity index (χ0n) is 18.3. The number of carbonyl (C=O) groups excluding carboxylic acids is 1. The van der Waals surface area contributed by atoms with E-state index in [-0.39, 0.29) is 5.91 Å². The maximum Gasteiger partial charge on any atom is 0.234 e. The molecule has 0 saturated carbocycles. The fourth-order valence-corrected chi connectivity index (χ4v) is 4.75. The Kier molecular flexibility index (Phi) is 9.54. The van der Waals surface area contributed by atoms with Gasteiger partial charge in [0.25, 0.3) is 0 Å². The van der Waals surface area contributed by atoms with Gasteiger partial charge in [0.05, 0.1) is 12.2 Å². The van der Waals surface area contributed by atoms with Crippen LogP contribution in [0.15, 0.2) is 34.6 Å². The molecule has 1 aromatic carbocycles. The highest BCUT2D eigenvalue weighted by Gasteiger charge is 2.20. The molecule has 1 aliphatic heterocycles. The van der Waals surface area contributed by atoms with Crippen LogP contribution in [0.25, 0.3) is 0 Å². The molecule has 0 unspecified atom stereocenters. The third kappa shape index (κ3) is 7.43. The monoisotopic (exact) mass is 465 g/mol. The second-order valence-electron chi connectivity index (χ2n) is 7.61. The highest BCUT2D eigenvalue weighted by atomic mass is 35.5. The molecule has 0 atom stereocenters. The van der Waals surface area contributed by atoms with Crippen LogP contribution in [0.1, 0.15) is 19.0 Å². The molecule has 0 spiro atoms. The molecule has 0 radical (unpaired) electrons. The van der Waals surface area contributed by atoms with Crippen LogP contribution < -0.4 is 10.1 Å². The van der Waals surface area contributed by atoms with Crippen LogP contribution in [0, 0.1) is 0 Å². The Morgan fingerprint density at radius 3 is 2.74 bits per heavy atom. The highest BCUT2D eigenvalue weighted by Crippen LogP contribution is 2.18. The summed E-state index contributed by atoms with van der Waals surface area (Å²) in [6.07, 6.45) is 0.934. The lowest BCUT2D eigenvalue weighted by atomic mass is 10.3. The van der Waals surface area contributed by atoms with E-state index in [4.69, 9.17) is 21.3 Å². The molecule has 170 valence electrons. The third-order valence-corrected chi connectivity index (χ3v) is 6.38. The van der Waals surface area contributed by atoms with Gasteiger partial charge < -0.3 is 14.6 Å². The number of piperazine rings is 1. The van der Waals surface area contributed by atoms with Gasteiger partial charge in [0.2, 0.25) is 5.91 Å². The van der Waals surface area contributed by atoms with Crippen molar-refractivity contribution >= 4 is 34.5 Å². The number of rotatable bonds is 10. The summed E-state index contributed by atoms with van der Waals surface area (Å²) in [6.45, 7) is 9.30. The number of halogens is 1. The number of hydrogen-bond acceptors (Lipinski definition) is 6. The van der Waals surface area contributed by atoms with Gasteiger partial charge in [-0.25, -0.2) is 4.99 Å². The molecular formula is C22H32ClN5O2S. The molecule has 1 aliphatic rings. The molecule has 0 bridgehead atoms. The first-order chi connectivity index (χ1) is 15.1. The highest BCUT2D eigenvalue weighted by molar-refractivity contribution is 7.07. The fourth-order valence-electron chi connectivity index (χ4n) is 3.63. The predicted molar refractivity (Wildman–Crippen MR) is 126 cm³/mol. The molecule has 3 rings (SSSR count). The predicted octanol–water partition coefficient (Wildman–Crippen LogP) is 2.73. The summed E-state index contributed by atoms with van der Waals surface area (Å²) in [5.74, 6) is 0.108. The Morgan fingerprint density at radius 1 is 1.26 bits per heavy atom. The second kappa shape index (κ2) is 12.4. The van der Waals surface area contributed by atoms with Gasteiger partial charge in [-0.2, -0.15) is 0 Å². The van der Waals surface area contributed by atoms with Crippen molar-refractivity contribution in [1.29, 1.82) is 0 Å². The quantitative estimate of drug-likeness (QED) is 0.548. The number of likely N-dealkylation sites (N-methyl/N-ethyl adjacent to an activating group) is 1. The normalized spacial score (nSPS) is 16.0. The van der Waals surface area contributed by atoms with Gasteiger partial charge in [-0.1, -0.05) is 17.7 Å². The number of ether oxygens (including phenoxy) is 1. The van der Waals surface area contributed by atoms with Gasteiger partial charge in [-0.15, -0.1) is 11.3 Å². The van der Waals surface area contributed by atoms with Gasteiger partial charge >= 0.3 is 0 Å². The molecule has 7 nitrogen and oxygen atoms in total. The number of carbonyl (C=O) groups is 1. The van der Waals surface area contributed by atoms with Crippen molar-refractivity contribution in [2.75, 3.05) is 53.0 Å². The lowest BCUT2D eigenvalue weighted by Crippen LogP contribution is -2.49. The zero-order chi connectivity index (χ0) is 22.1. The largest absolute Gasteiger partial charge is 0.385 e. The molecule has 1 saturated heterocycles. The van der Waals surface area contributed by atoms with E-state index >= 15 is 0 Å². The van der Waals surface area contributed by atoms with E-state index in [0.29, 0.717) is 18.1 Å². The number of nitrogens with one attached hydrogen (secondary N) is 1. The Labute approximate surface area is 193 Å². The van der Waals surface area contributed by atoms with Crippen LogP contribution in [-0.2, 0) is 22.6 Å². The van der Waals surface area contributed by atoms with Crippen LogP contribution in [-0.4, -0.2) is 73.3 Å². The molecule has 1 N–H and O–H groups in total.